The van der Waals surface area contributed by atoms with Gasteiger partial charge in [-0.25, -0.2) is 0 Å². The zero-order chi connectivity index (χ0) is 16.8. The number of thiocarbonyl (C=S) groups is 1. The van der Waals surface area contributed by atoms with Crippen LogP contribution in [-0.2, 0) is 13.1 Å². The highest BCUT2D eigenvalue weighted by molar-refractivity contribution is 7.80. The molecule has 1 heterocycles. The molecule has 0 amide bonds. The van der Waals surface area contributed by atoms with Crippen molar-refractivity contribution in [2.24, 2.45) is 0 Å². The lowest BCUT2D eigenvalue weighted by Gasteiger charge is -2.14. The van der Waals surface area contributed by atoms with Crippen molar-refractivity contribution in [3.05, 3.63) is 35.7 Å². The van der Waals surface area contributed by atoms with E-state index in [1.807, 2.05) is 29.9 Å². The molecule has 0 saturated carbocycles. The van der Waals surface area contributed by atoms with E-state index >= 15 is 0 Å². The highest BCUT2D eigenvalue weighted by Gasteiger charge is 2.08. The third-order valence-corrected chi connectivity index (χ3v) is 3.71. The number of anilines is 1. The van der Waals surface area contributed by atoms with Crippen LogP contribution in [0, 0.1) is 6.92 Å². The average molecular weight is 334 g/mol. The first-order valence-electron chi connectivity index (χ1n) is 7.37. The minimum atomic E-state index is 0.525. The van der Waals surface area contributed by atoms with Crippen LogP contribution in [0.4, 0.5) is 5.69 Å². The van der Waals surface area contributed by atoms with Gasteiger partial charge in [0, 0.05) is 30.9 Å². The Bertz CT molecular complexity index is 685. The maximum atomic E-state index is 5.35. The first-order chi connectivity index (χ1) is 11.1. The van der Waals surface area contributed by atoms with Gasteiger partial charge in [-0.2, -0.15) is 5.10 Å². The van der Waals surface area contributed by atoms with E-state index in [0.29, 0.717) is 17.4 Å². The number of benzene rings is 1. The second-order valence-electron chi connectivity index (χ2n) is 4.97. The Kier molecular flexibility index (Phi) is 5.81. The summed E-state index contributed by atoms with van der Waals surface area (Å²) >= 11 is 5.35. The molecule has 0 aliphatic carbocycles. The van der Waals surface area contributed by atoms with Gasteiger partial charge in [0.1, 0.15) is 11.5 Å². The summed E-state index contributed by atoms with van der Waals surface area (Å²) in [7, 11) is 3.23. The summed E-state index contributed by atoms with van der Waals surface area (Å²) in [5, 5.41) is 11.3. The fourth-order valence-electron chi connectivity index (χ4n) is 2.14. The Morgan fingerprint density at radius 1 is 1.30 bits per heavy atom. The average Bonchev–Trinajstić information content (AvgIpc) is 2.93. The molecule has 0 aliphatic heterocycles. The van der Waals surface area contributed by atoms with Gasteiger partial charge in [-0.05, 0) is 38.2 Å². The van der Waals surface area contributed by atoms with Gasteiger partial charge in [0.2, 0.25) is 0 Å². The molecule has 0 radical (unpaired) electrons. The second kappa shape index (κ2) is 7.82. The van der Waals surface area contributed by atoms with Crippen molar-refractivity contribution < 1.29 is 9.47 Å². The third-order valence-electron chi connectivity index (χ3n) is 3.47. The molecule has 0 aliphatic rings. The number of aromatic nitrogens is 2. The molecule has 0 spiro atoms. The molecule has 0 atom stereocenters. The zero-order valence-electron chi connectivity index (χ0n) is 13.8. The van der Waals surface area contributed by atoms with Gasteiger partial charge in [-0.1, -0.05) is 0 Å². The molecule has 7 heteroatoms. The van der Waals surface area contributed by atoms with Gasteiger partial charge in [-0.15, -0.1) is 0 Å². The van der Waals surface area contributed by atoms with Gasteiger partial charge in [0.15, 0.2) is 5.11 Å². The smallest absolute Gasteiger partial charge is 0.171 e. The van der Waals surface area contributed by atoms with Crippen molar-refractivity contribution in [3.63, 3.8) is 0 Å². The molecule has 1 aromatic carbocycles. The summed E-state index contributed by atoms with van der Waals surface area (Å²) in [5.41, 5.74) is 2.91. The van der Waals surface area contributed by atoms with Crippen LogP contribution in [0.25, 0.3) is 0 Å². The topological polar surface area (TPSA) is 60.3 Å². The van der Waals surface area contributed by atoms with Crippen LogP contribution in [0.5, 0.6) is 11.5 Å². The summed E-state index contributed by atoms with van der Waals surface area (Å²) in [6.45, 7) is 5.53. The molecule has 2 N–H and O–H groups in total. The molecule has 2 aromatic rings. The first-order valence-corrected chi connectivity index (χ1v) is 7.78. The minimum Gasteiger partial charge on any atom is -0.497 e. The lowest BCUT2D eigenvalue weighted by atomic mass is 10.2. The van der Waals surface area contributed by atoms with Gasteiger partial charge >= 0.3 is 0 Å². The zero-order valence-corrected chi connectivity index (χ0v) is 14.7. The van der Waals surface area contributed by atoms with Crippen molar-refractivity contribution >= 4 is 23.0 Å². The SMILES string of the molecule is CCn1cc(CNC(=S)Nc2ccc(OC)cc2OC)c(C)n1. The second-order valence-corrected chi connectivity index (χ2v) is 5.38. The third kappa shape index (κ3) is 4.35. The fourth-order valence-corrected chi connectivity index (χ4v) is 2.32. The summed E-state index contributed by atoms with van der Waals surface area (Å²) in [5.74, 6) is 1.40. The van der Waals surface area contributed by atoms with E-state index in [0.717, 1.165) is 29.2 Å². The fraction of sp³-hybridized carbons (Fsp3) is 0.375. The summed E-state index contributed by atoms with van der Waals surface area (Å²) in [6.07, 6.45) is 2.03. The Labute approximate surface area is 141 Å². The van der Waals surface area contributed by atoms with Crippen LogP contribution in [-0.4, -0.2) is 29.1 Å². The molecule has 23 heavy (non-hydrogen) atoms. The number of nitrogens with one attached hydrogen (secondary N) is 2. The van der Waals surface area contributed by atoms with E-state index in [2.05, 4.69) is 22.7 Å². The quantitative estimate of drug-likeness (QED) is 0.792. The number of aryl methyl sites for hydroxylation is 2. The standard InChI is InChI=1S/C16H22N4O2S/c1-5-20-10-12(11(2)19-20)9-17-16(23)18-14-7-6-13(21-3)8-15(14)22-4/h6-8,10H,5,9H2,1-4H3,(H2,17,18,23). The van der Waals surface area contributed by atoms with E-state index in [1.54, 1.807) is 20.3 Å². The van der Waals surface area contributed by atoms with Crippen LogP contribution in [0.3, 0.4) is 0 Å². The Morgan fingerprint density at radius 3 is 2.70 bits per heavy atom. The summed E-state index contributed by atoms with van der Waals surface area (Å²) in [4.78, 5) is 0. The molecular formula is C16H22N4O2S. The minimum absolute atomic E-state index is 0.525. The van der Waals surface area contributed by atoms with Crippen LogP contribution in [0.15, 0.2) is 24.4 Å². The molecule has 0 bridgehead atoms. The van der Waals surface area contributed by atoms with Gasteiger partial charge in [0.05, 0.1) is 25.6 Å². The molecule has 0 fully saturated rings. The first kappa shape index (κ1) is 17.1. The van der Waals surface area contributed by atoms with Crippen molar-refractivity contribution in [1.29, 1.82) is 0 Å². The van der Waals surface area contributed by atoms with E-state index in [-0.39, 0.29) is 0 Å². The van der Waals surface area contributed by atoms with E-state index < -0.39 is 0 Å². The molecule has 124 valence electrons. The number of hydrogen-bond donors (Lipinski definition) is 2. The van der Waals surface area contributed by atoms with Crippen molar-refractivity contribution in [1.82, 2.24) is 15.1 Å². The Balaban J connectivity index is 1.98. The van der Waals surface area contributed by atoms with Crippen molar-refractivity contribution in [2.45, 2.75) is 26.9 Å². The molecule has 6 nitrogen and oxygen atoms in total. The molecular weight excluding hydrogens is 312 g/mol. The van der Waals surface area contributed by atoms with Crippen LogP contribution in [0.2, 0.25) is 0 Å². The molecule has 0 saturated heterocycles. The number of nitrogens with zero attached hydrogens (tertiary/aromatic N) is 2. The maximum Gasteiger partial charge on any atom is 0.171 e. The number of ether oxygens (including phenoxy) is 2. The van der Waals surface area contributed by atoms with Gasteiger partial charge < -0.3 is 20.1 Å². The molecule has 1 aromatic heterocycles. The Morgan fingerprint density at radius 2 is 2.09 bits per heavy atom. The number of methoxy groups -OCH3 is 2. The summed E-state index contributed by atoms with van der Waals surface area (Å²) in [6, 6.07) is 5.52. The highest BCUT2D eigenvalue weighted by atomic mass is 32.1. The normalized spacial score (nSPS) is 10.3. The van der Waals surface area contributed by atoms with E-state index in [9.17, 15) is 0 Å². The lowest BCUT2D eigenvalue weighted by molar-refractivity contribution is 0.395. The largest absolute Gasteiger partial charge is 0.497 e. The van der Waals surface area contributed by atoms with E-state index in [4.69, 9.17) is 21.7 Å². The predicted molar refractivity (Wildman–Crippen MR) is 95.2 cm³/mol. The maximum absolute atomic E-state index is 5.35. The van der Waals surface area contributed by atoms with Crippen LogP contribution in [0.1, 0.15) is 18.2 Å². The predicted octanol–water partition coefficient (Wildman–Crippen LogP) is 2.72. The van der Waals surface area contributed by atoms with Gasteiger partial charge in [-0.3, -0.25) is 4.68 Å². The summed E-state index contributed by atoms with van der Waals surface area (Å²) < 4.78 is 12.4. The van der Waals surface area contributed by atoms with E-state index in [1.165, 1.54) is 0 Å². The van der Waals surface area contributed by atoms with Crippen molar-refractivity contribution in [3.8, 4) is 11.5 Å². The van der Waals surface area contributed by atoms with Crippen LogP contribution >= 0.6 is 12.2 Å². The lowest BCUT2D eigenvalue weighted by Crippen LogP contribution is -2.28. The highest BCUT2D eigenvalue weighted by Crippen LogP contribution is 2.28. The Hall–Kier alpha value is -2.28. The van der Waals surface area contributed by atoms with Crippen molar-refractivity contribution in [2.75, 3.05) is 19.5 Å². The molecule has 2 rings (SSSR count). The number of hydrogen-bond acceptors (Lipinski definition) is 4. The number of rotatable bonds is 6. The van der Waals surface area contributed by atoms with Crippen LogP contribution < -0.4 is 20.1 Å². The molecule has 0 unspecified atom stereocenters. The van der Waals surface area contributed by atoms with Gasteiger partial charge in [0.25, 0.3) is 0 Å². The monoisotopic (exact) mass is 334 g/mol.